The fraction of sp³-hybridized carbons (Fsp3) is 1.00. The van der Waals surface area contributed by atoms with Crippen LogP contribution in [0.4, 0.5) is 4.39 Å². The van der Waals surface area contributed by atoms with Crippen molar-refractivity contribution in [2.24, 2.45) is 5.64 Å². The van der Waals surface area contributed by atoms with Gasteiger partial charge in [0.15, 0.2) is 6.86 Å². The first-order valence-corrected chi connectivity index (χ1v) is 1.12. The molecule has 0 saturated carbocycles. The summed E-state index contributed by atoms with van der Waals surface area (Å²) >= 11 is 0. The summed E-state index contributed by atoms with van der Waals surface area (Å²) in [5.41, 5.74) is 4.55. The number of rotatable bonds is 2. The number of hydrogen-bond donors (Lipinski definition) is 1. The molecule has 2 N–H and O–H groups in total. The molecular weight excluding hydrogens is 71.8 g/mol. The minimum atomic E-state index is -0.837. The average molecular weight is 75.9 g/mol. The third-order valence-corrected chi connectivity index (χ3v) is 0.159. The summed E-state index contributed by atoms with van der Waals surface area (Å²) in [5, 5.41) is 0. The van der Waals surface area contributed by atoms with Gasteiger partial charge in [-0.3, -0.25) is 0 Å². The molecule has 0 aromatic carbocycles. The van der Waals surface area contributed by atoms with Crippen LogP contribution in [0.25, 0.3) is 0 Å². The fourth-order valence-electron chi connectivity index (χ4n) is 0.0364. The summed E-state index contributed by atoms with van der Waals surface area (Å²) in [6, 6.07) is 0. The van der Waals surface area contributed by atoms with Gasteiger partial charge >= 0.3 is 7.62 Å². The summed E-state index contributed by atoms with van der Waals surface area (Å²) in [6.45, 7) is -0.837. The van der Waals surface area contributed by atoms with Crippen LogP contribution in [0.2, 0.25) is 0 Å². The van der Waals surface area contributed by atoms with Crippen molar-refractivity contribution in [3.63, 3.8) is 0 Å². The summed E-state index contributed by atoms with van der Waals surface area (Å²) in [4.78, 5) is 0. The highest BCUT2D eigenvalue weighted by Crippen LogP contribution is 1.60. The van der Waals surface area contributed by atoms with Gasteiger partial charge in [0.1, 0.15) is 0 Å². The Morgan fingerprint density at radius 1 is 2.00 bits per heavy atom. The van der Waals surface area contributed by atoms with Crippen LogP contribution in [0.1, 0.15) is 0 Å². The molecule has 0 atom stereocenters. The maximum absolute atomic E-state index is 10.7. The molecule has 0 heterocycles. The maximum atomic E-state index is 10.7. The van der Waals surface area contributed by atoms with Gasteiger partial charge in [0, 0.05) is 0 Å². The summed E-state index contributed by atoms with van der Waals surface area (Å²) in [6.07, 6.45) is 0. The lowest BCUT2D eigenvalue weighted by Gasteiger charge is -1.80. The van der Waals surface area contributed by atoms with Crippen LogP contribution in [-0.4, -0.2) is 14.5 Å². The molecule has 0 aliphatic heterocycles. The lowest BCUT2D eigenvalue weighted by atomic mass is 10.3. The van der Waals surface area contributed by atoms with Crippen LogP contribution in [0.15, 0.2) is 0 Å². The molecule has 0 saturated heterocycles. The van der Waals surface area contributed by atoms with Gasteiger partial charge in [-0.2, -0.15) is 0 Å². The zero-order chi connectivity index (χ0) is 4.12. The maximum Gasteiger partial charge on any atom is 0.394 e. The van der Waals surface area contributed by atoms with E-state index in [-0.39, 0.29) is 0 Å². The molecule has 0 aromatic heterocycles. The molecule has 0 spiro atoms. The molecular formula is CH4BFNO. The molecule has 0 aliphatic carbocycles. The minimum absolute atomic E-state index is 0.806. The van der Waals surface area contributed by atoms with E-state index in [1.165, 1.54) is 0 Å². The second-order valence-corrected chi connectivity index (χ2v) is 0.412. The predicted molar refractivity (Wildman–Crippen MR) is 17.0 cm³/mol. The van der Waals surface area contributed by atoms with Crippen molar-refractivity contribution in [2.45, 2.75) is 0 Å². The van der Waals surface area contributed by atoms with Gasteiger partial charge in [0.05, 0.1) is 0 Å². The summed E-state index contributed by atoms with van der Waals surface area (Å²) in [5.74, 6) is 0. The first-order chi connectivity index (χ1) is 2.41. The Bertz CT molecular complexity index is 19.1. The lowest BCUT2D eigenvalue weighted by molar-refractivity contribution is 0.200. The van der Waals surface area contributed by atoms with Gasteiger partial charge in [-0.1, -0.05) is 0 Å². The molecule has 0 fully saturated rings. The Kier molecular flexibility index (Phi) is 3.85. The standard InChI is InChI=1S/CH4BFNO/c3-1-5-2-4/h1,4H2. The molecule has 0 unspecified atom stereocenters. The van der Waals surface area contributed by atoms with E-state index >= 15 is 0 Å². The third kappa shape index (κ3) is 3.91. The zero-order valence-corrected chi connectivity index (χ0v) is 2.65. The lowest BCUT2D eigenvalue weighted by Crippen LogP contribution is -2.08. The van der Waals surface area contributed by atoms with E-state index in [4.69, 9.17) is 0 Å². The predicted octanol–water partition coefficient (Wildman–Crippen LogP) is -0.577. The van der Waals surface area contributed by atoms with Gasteiger partial charge in [-0.25, -0.2) is 4.39 Å². The van der Waals surface area contributed by atoms with Crippen LogP contribution >= 0.6 is 0 Å². The monoisotopic (exact) mass is 76.0 g/mol. The fourth-order valence-corrected chi connectivity index (χ4v) is 0.0364. The molecule has 0 rings (SSSR count). The van der Waals surface area contributed by atoms with E-state index < -0.39 is 6.86 Å². The highest BCUT2D eigenvalue weighted by atomic mass is 19.1. The summed E-state index contributed by atoms with van der Waals surface area (Å²) in [7, 11) is 0.806. The van der Waals surface area contributed by atoms with Crippen molar-refractivity contribution in [3.8, 4) is 0 Å². The van der Waals surface area contributed by atoms with Crippen molar-refractivity contribution < 1.29 is 9.04 Å². The van der Waals surface area contributed by atoms with Gasteiger partial charge in [0.2, 0.25) is 0 Å². The topological polar surface area (TPSA) is 35.2 Å². The van der Waals surface area contributed by atoms with Crippen LogP contribution in [0.3, 0.4) is 0 Å². The van der Waals surface area contributed by atoms with Crippen LogP contribution < -0.4 is 5.64 Å². The molecule has 2 nitrogen and oxygen atoms in total. The molecule has 0 bridgehead atoms. The molecule has 29 valence electrons. The minimum Gasteiger partial charge on any atom is -0.398 e. The molecule has 0 amide bonds. The summed E-state index contributed by atoms with van der Waals surface area (Å²) < 4.78 is 14.5. The van der Waals surface area contributed by atoms with E-state index in [9.17, 15) is 4.39 Å². The number of nitrogens with two attached hydrogens (primary N) is 1. The van der Waals surface area contributed by atoms with E-state index in [1.54, 1.807) is 0 Å². The highest BCUT2D eigenvalue weighted by molar-refractivity contribution is 6.21. The number of alkyl halides is 1. The highest BCUT2D eigenvalue weighted by Gasteiger charge is 1.73. The molecule has 4 heteroatoms. The molecule has 0 aliphatic rings. The second kappa shape index (κ2) is 3.91. The Labute approximate surface area is 30.4 Å². The Morgan fingerprint density at radius 2 is 2.60 bits per heavy atom. The van der Waals surface area contributed by atoms with E-state index in [0.29, 0.717) is 0 Å². The molecule has 1 radical (unpaired) electrons. The van der Waals surface area contributed by atoms with Crippen molar-refractivity contribution in [1.29, 1.82) is 0 Å². The molecule has 0 aromatic rings. The second-order valence-electron chi connectivity index (χ2n) is 0.412. The normalized spacial score (nSPS) is 7.60. The van der Waals surface area contributed by atoms with Gasteiger partial charge in [0.25, 0.3) is 0 Å². The smallest absolute Gasteiger partial charge is 0.394 e. The Morgan fingerprint density at radius 3 is 2.60 bits per heavy atom. The van der Waals surface area contributed by atoms with Crippen molar-refractivity contribution >= 4 is 7.62 Å². The first kappa shape index (κ1) is 4.91. The first-order valence-electron chi connectivity index (χ1n) is 1.12. The van der Waals surface area contributed by atoms with Crippen molar-refractivity contribution in [2.75, 3.05) is 6.86 Å². The zero-order valence-electron chi connectivity index (χ0n) is 2.65. The van der Waals surface area contributed by atoms with Gasteiger partial charge in [-0.15, -0.1) is 0 Å². The van der Waals surface area contributed by atoms with Crippen molar-refractivity contribution in [1.82, 2.24) is 0 Å². The third-order valence-electron chi connectivity index (χ3n) is 0.159. The van der Waals surface area contributed by atoms with Crippen LogP contribution in [0, 0.1) is 0 Å². The number of hydrogen-bond acceptors (Lipinski definition) is 2. The largest absolute Gasteiger partial charge is 0.398 e. The number of halogens is 1. The SMILES string of the molecule is N[B]OCF. The van der Waals surface area contributed by atoms with E-state index in [0.717, 1.165) is 7.62 Å². The van der Waals surface area contributed by atoms with Crippen LogP contribution in [0.5, 0.6) is 0 Å². The van der Waals surface area contributed by atoms with Gasteiger partial charge in [-0.05, 0) is 0 Å². The Hall–Kier alpha value is -0.0851. The van der Waals surface area contributed by atoms with E-state index in [2.05, 4.69) is 10.3 Å². The van der Waals surface area contributed by atoms with Gasteiger partial charge < -0.3 is 10.3 Å². The van der Waals surface area contributed by atoms with Crippen LogP contribution in [-0.2, 0) is 4.65 Å². The van der Waals surface area contributed by atoms with Crippen molar-refractivity contribution in [3.05, 3.63) is 0 Å². The van der Waals surface area contributed by atoms with E-state index in [1.807, 2.05) is 0 Å². The Balaban J connectivity index is 2.19. The molecule has 5 heavy (non-hydrogen) atoms. The quantitative estimate of drug-likeness (QED) is 0.446. The average Bonchev–Trinajstić information content (AvgIpc) is 1.41.